The van der Waals surface area contributed by atoms with E-state index >= 15 is 0 Å². The van der Waals surface area contributed by atoms with Crippen molar-refractivity contribution in [2.24, 2.45) is 17.1 Å². The van der Waals surface area contributed by atoms with Gasteiger partial charge in [0.15, 0.2) is 5.41 Å². The highest BCUT2D eigenvalue weighted by molar-refractivity contribution is 5.69. The minimum absolute atomic E-state index is 0.0403. The van der Waals surface area contributed by atoms with Crippen LogP contribution in [0.15, 0.2) is 77.5 Å². The van der Waals surface area contributed by atoms with Crippen LogP contribution in [0.25, 0.3) is 0 Å². The summed E-state index contributed by atoms with van der Waals surface area (Å²) in [5.41, 5.74) is 5.88. The normalized spacial score (nSPS) is 20.1. The molecule has 0 radical (unpaired) electrons. The van der Waals surface area contributed by atoms with Gasteiger partial charge in [0.2, 0.25) is 0 Å². The molecule has 0 bridgehead atoms. The standard InChI is InChI=1S/C26H20N6O4/c27-12-21-20-10-11-31(25(33)36-14-17-4-2-1-3-5-17)13-22(20)23(26(15-28,16-29)24(21)30)18-6-8-19(9-7-18)32(34)35/h1-10,22-23H,11,13-14,30H2/t22-,23-/m0/s1. The third-order valence-corrected chi connectivity index (χ3v) is 6.59. The zero-order valence-corrected chi connectivity index (χ0v) is 19.0. The highest BCUT2D eigenvalue weighted by Gasteiger charge is 2.54. The molecule has 2 aromatic rings. The van der Waals surface area contributed by atoms with Gasteiger partial charge < -0.3 is 15.4 Å². The van der Waals surface area contributed by atoms with E-state index in [2.05, 4.69) is 0 Å². The minimum Gasteiger partial charge on any atom is -0.445 e. The van der Waals surface area contributed by atoms with Crippen LogP contribution in [0.1, 0.15) is 17.0 Å². The summed E-state index contributed by atoms with van der Waals surface area (Å²) in [6.45, 7) is 0.279. The minimum atomic E-state index is -1.92. The SMILES string of the molecule is N#CC1=C(N)C(C#N)(C#N)[C@@H](c2ccc([N+](=O)[O-])cc2)[C@H]2CN(C(=O)OCc3ccccc3)CC=C12. The number of hydrogen-bond acceptors (Lipinski definition) is 8. The summed E-state index contributed by atoms with van der Waals surface area (Å²) in [5.74, 6) is -1.54. The first-order chi connectivity index (χ1) is 17.4. The smallest absolute Gasteiger partial charge is 0.410 e. The van der Waals surface area contributed by atoms with Crippen LogP contribution in [0.2, 0.25) is 0 Å². The Hall–Kier alpha value is -5.14. The number of nitrogens with two attached hydrogens (primary N) is 1. The van der Waals surface area contributed by atoms with Gasteiger partial charge in [-0.05, 0) is 16.7 Å². The molecule has 0 spiro atoms. The van der Waals surface area contributed by atoms with Crippen LogP contribution >= 0.6 is 0 Å². The molecule has 178 valence electrons. The monoisotopic (exact) mass is 480 g/mol. The third-order valence-electron chi connectivity index (χ3n) is 6.59. The van der Waals surface area contributed by atoms with Crippen LogP contribution in [0.4, 0.5) is 10.5 Å². The zero-order valence-electron chi connectivity index (χ0n) is 19.0. The van der Waals surface area contributed by atoms with Crippen molar-refractivity contribution >= 4 is 11.8 Å². The third kappa shape index (κ3) is 4.00. The van der Waals surface area contributed by atoms with E-state index in [4.69, 9.17) is 10.5 Å². The van der Waals surface area contributed by atoms with Crippen LogP contribution in [0.5, 0.6) is 0 Å². The Bertz CT molecular complexity index is 1380. The van der Waals surface area contributed by atoms with Crippen molar-refractivity contribution in [3.63, 3.8) is 0 Å². The maximum atomic E-state index is 12.9. The van der Waals surface area contributed by atoms with Crippen LogP contribution < -0.4 is 5.73 Å². The molecular formula is C26H20N6O4. The number of nitro groups is 1. The quantitative estimate of drug-likeness (QED) is 0.510. The molecule has 2 aromatic carbocycles. The van der Waals surface area contributed by atoms with E-state index in [1.165, 1.54) is 29.2 Å². The summed E-state index contributed by atoms with van der Waals surface area (Å²) < 4.78 is 5.46. The maximum Gasteiger partial charge on any atom is 0.410 e. The maximum absolute atomic E-state index is 12.9. The van der Waals surface area contributed by atoms with Crippen molar-refractivity contribution in [2.75, 3.05) is 13.1 Å². The molecular weight excluding hydrogens is 460 g/mol. The lowest BCUT2D eigenvalue weighted by atomic mass is 9.58. The van der Waals surface area contributed by atoms with Gasteiger partial charge in [-0.25, -0.2) is 4.79 Å². The number of non-ortho nitro benzene ring substituents is 1. The van der Waals surface area contributed by atoms with Gasteiger partial charge in [0, 0.05) is 37.1 Å². The Kier molecular flexibility index (Phi) is 6.41. The second kappa shape index (κ2) is 9.61. The van der Waals surface area contributed by atoms with E-state index < -0.39 is 28.3 Å². The van der Waals surface area contributed by atoms with E-state index in [0.29, 0.717) is 11.1 Å². The van der Waals surface area contributed by atoms with E-state index in [-0.39, 0.29) is 36.7 Å². The van der Waals surface area contributed by atoms with Crippen molar-refractivity contribution in [1.82, 2.24) is 4.90 Å². The molecule has 1 amide bonds. The van der Waals surface area contributed by atoms with E-state index in [1.807, 2.05) is 48.5 Å². The van der Waals surface area contributed by atoms with Crippen molar-refractivity contribution in [2.45, 2.75) is 12.5 Å². The van der Waals surface area contributed by atoms with Crippen molar-refractivity contribution in [3.8, 4) is 18.2 Å². The first-order valence-corrected chi connectivity index (χ1v) is 11.0. The van der Waals surface area contributed by atoms with Gasteiger partial charge in [0.1, 0.15) is 12.7 Å². The molecule has 1 aliphatic carbocycles. The number of rotatable bonds is 4. The molecule has 1 aliphatic heterocycles. The molecule has 0 aromatic heterocycles. The van der Waals surface area contributed by atoms with Crippen molar-refractivity contribution in [1.29, 1.82) is 15.8 Å². The van der Waals surface area contributed by atoms with Gasteiger partial charge in [-0.2, -0.15) is 15.8 Å². The second-order valence-electron chi connectivity index (χ2n) is 8.47. The molecule has 2 aliphatic rings. The molecule has 36 heavy (non-hydrogen) atoms. The Balaban J connectivity index is 1.74. The highest BCUT2D eigenvalue weighted by Crippen LogP contribution is 2.54. The highest BCUT2D eigenvalue weighted by atomic mass is 16.6. The number of nitriles is 3. The predicted octanol–water partition coefficient (Wildman–Crippen LogP) is 3.66. The Morgan fingerprint density at radius 2 is 1.81 bits per heavy atom. The number of fused-ring (bicyclic) bond motifs is 1. The van der Waals surface area contributed by atoms with Crippen molar-refractivity contribution in [3.05, 3.63) is 98.8 Å². The lowest BCUT2D eigenvalue weighted by molar-refractivity contribution is -0.384. The molecule has 0 saturated heterocycles. The number of hydrogen-bond donors (Lipinski definition) is 1. The molecule has 10 nitrogen and oxygen atoms in total. The largest absolute Gasteiger partial charge is 0.445 e. The molecule has 4 rings (SSSR count). The van der Waals surface area contributed by atoms with Crippen molar-refractivity contribution < 1.29 is 14.5 Å². The van der Waals surface area contributed by atoms with Gasteiger partial charge in [-0.15, -0.1) is 0 Å². The van der Waals surface area contributed by atoms with E-state index in [0.717, 1.165) is 5.56 Å². The van der Waals surface area contributed by atoms with Crippen LogP contribution in [-0.4, -0.2) is 29.0 Å². The molecule has 0 saturated carbocycles. The Morgan fingerprint density at radius 1 is 1.14 bits per heavy atom. The van der Waals surface area contributed by atoms with Gasteiger partial charge in [0.05, 0.1) is 28.3 Å². The molecule has 0 fully saturated rings. The number of nitrogens with zero attached hydrogens (tertiary/aromatic N) is 5. The fraction of sp³-hybridized carbons (Fsp3) is 0.231. The van der Waals surface area contributed by atoms with Gasteiger partial charge in [0.25, 0.3) is 5.69 Å². The molecule has 2 N–H and O–H groups in total. The van der Waals surface area contributed by atoms with E-state index in [9.17, 15) is 30.7 Å². The second-order valence-corrected chi connectivity index (χ2v) is 8.47. The first-order valence-electron chi connectivity index (χ1n) is 11.0. The van der Waals surface area contributed by atoms with Crippen LogP contribution in [0.3, 0.4) is 0 Å². The lowest BCUT2D eigenvalue weighted by Gasteiger charge is -2.45. The molecule has 2 atom stereocenters. The van der Waals surface area contributed by atoms with Gasteiger partial charge >= 0.3 is 6.09 Å². The Morgan fingerprint density at radius 3 is 2.39 bits per heavy atom. The fourth-order valence-electron chi connectivity index (χ4n) is 4.82. The predicted molar refractivity (Wildman–Crippen MR) is 126 cm³/mol. The Labute approximate surface area is 206 Å². The number of carbonyl (C=O) groups excluding carboxylic acids is 1. The van der Waals surface area contributed by atoms with E-state index in [1.54, 1.807) is 6.08 Å². The number of carbonyl (C=O) groups is 1. The number of amides is 1. The zero-order chi connectivity index (χ0) is 25.9. The summed E-state index contributed by atoms with van der Waals surface area (Å²) in [4.78, 5) is 24.9. The number of benzene rings is 2. The van der Waals surface area contributed by atoms with Gasteiger partial charge in [-0.1, -0.05) is 48.5 Å². The van der Waals surface area contributed by atoms with Crippen LogP contribution in [-0.2, 0) is 11.3 Å². The molecule has 1 heterocycles. The summed E-state index contributed by atoms with van der Waals surface area (Å²) in [6.07, 6.45) is 1.09. The number of ether oxygens (including phenoxy) is 1. The summed E-state index contributed by atoms with van der Waals surface area (Å²) >= 11 is 0. The van der Waals surface area contributed by atoms with Gasteiger partial charge in [-0.3, -0.25) is 10.1 Å². The summed E-state index contributed by atoms with van der Waals surface area (Å²) in [7, 11) is 0. The molecule has 10 heteroatoms. The number of nitro benzene ring substituents is 1. The average molecular weight is 480 g/mol. The topological polar surface area (TPSA) is 170 Å². The lowest BCUT2D eigenvalue weighted by Crippen LogP contribution is -2.49. The average Bonchev–Trinajstić information content (AvgIpc) is 2.91. The van der Waals surface area contributed by atoms with Crippen LogP contribution in [0, 0.1) is 55.4 Å². The summed E-state index contributed by atoms with van der Waals surface area (Å²) in [6, 6.07) is 20.7. The first kappa shape index (κ1) is 24.0. The number of allylic oxidation sites excluding steroid dienone is 2. The molecule has 0 unspecified atom stereocenters. The summed E-state index contributed by atoms with van der Waals surface area (Å²) in [5, 5.41) is 41.3. The fourth-order valence-corrected chi connectivity index (χ4v) is 4.82.